The summed E-state index contributed by atoms with van der Waals surface area (Å²) in [6.07, 6.45) is 7.21. The van der Waals surface area contributed by atoms with Crippen LogP contribution in [0.25, 0.3) is 11.3 Å². The van der Waals surface area contributed by atoms with Crippen LogP contribution in [0, 0.1) is 6.92 Å². The molecule has 2 heteroatoms. The smallest absolute Gasteiger partial charge is 0.216 e. The highest BCUT2D eigenvalue weighted by Gasteiger charge is 2.73. The molecule has 1 aromatic carbocycles. The summed E-state index contributed by atoms with van der Waals surface area (Å²) in [6.45, 7) is 2.20. The molecule has 2 aliphatic carbocycles. The van der Waals surface area contributed by atoms with Crippen LogP contribution in [0.5, 0.6) is 5.75 Å². The molecule has 0 N–H and O–H groups in total. The Balaban J connectivity index is 1.79. The van der Waals surface area contributed by atoms with Crippen molar-refractivity contribution in [2.45, 2.75) is 43.6 Å². The zero-order valence-electron chi connectivity index (χ0n) is 12.6. The molecule has 0 unspecified atom stereocenters. The molecule has 2 saturated carbocycles. The maximum Gasteiger partial charge on any atom is 0.216 e. The third-order valence-corrected chi connectivity index (χ3v) is 5.82. The van der Waals surface area contributed by atoms with E-state index in [9.17, 15) is 0 Å². The van der Waals surface area contributed by atoms with E-state index in [2.05, 4.69) is 55.1 Å². The minimum Gasteiger partial charge on any atom is -0.485 e. The van der Waals surface area contributed by atoms with Crippen LogP contribution in [0.1, 0.15) is 36.8 Å². The van der Waals surface area contributed by atoms with Gasteiger partial charge in [-0.3, -0.25) is 0 Å². The van der Waals surface area contributed by atoms with E-state index in [1.54, 1.807) is 0 Å². The molecule has 2 aromatic rings. The van der Waals surface area contributed by atoms with Crippen LogP contribution in [0.2, 0.25) is 0 Å². The first kappa shape index (κ1) is 11.8. The maximum atomic E-state index is 6.59. The third kappa shape index (κ3) is 1.31. The summed E-state index contributed by atoms with van der Waals surface area (Å²) in [5, 5.41) is 0. The van der Waals surface area contributed by atoms with Gasteiger partial charge in [-0.25, -0.2) is 4.57 Å². The van der Waals surface area contributed by atoms with E-state index in [-0.39, 0.29) is 5.60 Å². The number of aromatic nitrogens is 1. The van der Waals surface area contributed by atoms with Crippen molar-refractivity contribution in [3.63, 3.8) is 0 Å². The van der Waals surface area contributed by atoms with Crippen LogP contribution >= 0.6 is 0 Å². The zero-order valence-corrected chi connectivity index (χ0v) is 12.6. The Kier molecular flexibility index (Phi) is 1.96. The molecule has 0 radical (unpaired) electrons. The second-order valence-electron chi connectivity index (χ2n) is 7.01. The van der Waals surface area contributed by atoms with Crippen LogP contribution < -0.4 is 9.30 Å². The Labute approximate surface area is 125 Å². The monoisotopic (exact) mass is 278 g/mol. The first-order valence-electron chi connectivity index (χ1n) is 7.95. The third-order valence-electron chi connectivity index (χ3n) is 5.82. The largest absolute Gasteiger partial charge is 0.485 e. The van der Waals surface area contributed by atoms with Gasteiger partial charge in [-0.1, -0.05) is 12.1 Å². The van der Waals surface area contributed by atoms with Gasteiger partial charge in [0.15, 0.2) is 6.20 Å². The lowest BCUT2D eigenvalue weighted by molar-refractivity contribution is -0.660. The van der Waals surface area contributed by atoms with Gasteiger partial charge in [0.2, 0.25) is 5.69 Å². The lowest BCUT2D eigenvalue weighted by atomic mass is 9.87. The molecule has 1 aliphatic heterocycles. The number of benzene rings is 1. The number of ether oxygens (including phenoxy) is 1. The summed E-state index contributed by atoms with van der Waals surface area (Å²) < 4.78 is 8.79. The summed E-state index contributed by atoms with van der Waals surface area (Å²) >= 11 is 0. The average Bonchev–Trinajstić information content (AvgIpc) is 3.33. The molecule has 1 aromatic heterocycles. The summed E-state index contributed by atoms with van der Waals surface area (Å²) in [6, 6.07) is 11.0. The Morgan fingerprint density at radius 1 is 1.05 bits per heavy atom. The van der Waals surface area contributed by atoms with E-state index < -0.39 is 0 Å². The van der Waals surface area contributed by atoms with Crippen molar-refractivity contribution in [1.82, 2.24) is 0 Å². The summed E-state index contributed by atoms with van der Waals surface area (Å²) in [5.41, 5.74) is 5.85. The van der Waals surface area contributed by atoms with Gasteiger partial charge in [-0.15, -0.1) is 0 Å². The summed E-state index contributed by atoms with van der Waals surface area (Å²) in [4.78, 5) is 0. The quantitative estimate of drug-likeness (QED) is 0.728. The second kappa shape index (κ2) is 3.49. The lowest BCUT2D eigenvalue weighted by Crippen LogP contribution is -2.30. The molecule has 0 bridgehead atoms. The Bertz CT molecular complexity index is 769. The molecule has 2 fully saturated rings. The van der Waals surface area contributed by atoms with Gasteiger partial charge >= 0.3 is 0 Å². The number of pyridine rings is 1. The normalized spacial score (nSPS) is 22.2. The van der Waals surface area contributed by atoms with Gasteiger partial charge in [0.1, 0.15) is 18.4 Å². The first-order chi connectivity index (χ1) is 10.2. The van der Waals surface area contributed by atoms with Crippen LogP contribution in [0.15, 0.2) is 36.5 Å². The molecule has 2 spiro atoms. The molecule has 0 saturated heterocycles. The van der Waals surface area contributed by atoms with Crippen molar-refractivity contribution in [2.24, 2.45) is 7.05 Å². The van der Waals surface area contributed by atoms with Gasteiger partial charge in [-0.05, 0) is 44.2 Å². The molecular weight excluding hydrogens is 258 g/mol. The molecule has 0 atom stereocenters. The van der Waals surface area contributed by atoms with Gasteiger partial charge in [0.05, 0.1) is 5.56 Å². The Morgan fingerprint density at radius 3 is 2.52 bits per heavy atom. The molecule has 5 rings (SSSR count). The number of fused-ring (bicyclic) bond motifs is 3. The van der Waals surface area contributed by atoms with Crippen molar-refractivity contribution in [3.05, 3.63) is 47.7 Å². The SMILES string of the molecule is Cc1ccc2c(c1-c1cccc[n+]1C)OC1(CC1)C21CC1. The van der Waals surface area contributed by atoms with Gasteiger partial charge in [-0.2, -0.15) is 0 Å². The fraction of sp³-hybridized carbons (Fsp3) is 0.421. The minimum atomic E-state index is 0.158. The second-order valence-corrected chi connectivity index (χ2v) is 7.01. The van der Waals surface area contributed by atoms with E-state index in [4.69, 9.17) is 4.74 Å². The molecular formula is C19H20NO+. The van der Waals surface area contributed by atoms with Crippen molar-refractivity contribution in [1.29, 1.82) is 0 Å². The van der Waals surface area contributed by atoms with Crippen molar-refractivity contribution < 1.29 is 9.30 Å². The predicted molar refractivity (Wildman–Crippen MR) is 81.3 cm³/mol. The fourth-order valence-electron chi connectivity index (χ4n) is 4.35. The van der Waals surface area contributed by atoms with E-state index in [1.165, 1.54) is 53.8 Å². The topological polar surface area (TPSA) is 13.1 Å². The Hall–Kier alpha value is -1.83. The van der Waals surface area contributed by atoms with Crippen LogP contribution in [-0.4, -0.2) is 5.60 Å². The molecule has 21 heavy (non-hydrogen) atoms. The van der Waals surface area contributed by atoms with Crippen molar-refractivity contribution in [2.75, 3.05) is 0 Å². The van der Waals surface area contributed by atoms with Gasteiger partial charge in [0.25, 0.3) is 0 Å². The van der Waals surface area contributed by atoms with Crippen molar-refractivity contribution >= 4 is 0 Å². The van der Waals surface area contributed by atoms with Crippen molar-refractivity contribution in [3.8, 4) is 17.0 Å². The van der Waals surface area contributed by atoms with Crippen LogP contribution in [0.3, 0.4) is 0 Å². The molecule has 2 heterocycles. The van der Waals surface area contributed by atoms with Gasteiger partial charge in [0, 0.05) is 23.1 Å². The standard InChI is InChI=1S/C19H20NO/c1-13-6-7-14-17(16(13)15-5-3-4-12-20(15)2)21-19(10-11-19)18(14)8-9-18/h3-7,12H,8-11H2,1-2H3/q+1. The number of rotatable bonds is 1. The highest BCUT2D eigenvalue weighted by atomic mass is 16.5. The summed E-state index contributed by atoms with van der Waals surface area (Å²) in [7, 11) is 2.11. The molecule has 106 valence electrons. The zero-order chi connectivity index (χ0) is 14.2. The van der Waals surface area contributed by atoms with Crippen LogP contribution in [0.4, 0.5) is 0 Å². The number of hydrogen-bond donors (Lipinski definition) is 0. The highest BCUT2D eigenvalue weighted by Crippen LogP contribution is 2.72. The van der Waals surface area contributed by atoms with E-state index >= 15 is 0 Å². The number of hydrogen-bond acceptors (Lipinski definition) is 1. The molecule has 2 nitrogen and oxygen atoms in total. The number of nitrogens with zero attached hydrogens (tertiary/aromatic N) is 1. The molecule has 3 aliphatic rings. The van der Waals surface area contributed by atoms with E-state index in [0.717, 1.165) is 0 Å². The predicted octanol–water partition coefficient (Wildman–Crippen LogP) is 3.44. The van der Waals surface area contributed by atoms with E-state index in [1.807, 2.05) is 0 Å². The summed E-state index contributed by atoms with van der Waals surface area (Å²) in [5.74, 6) is 1.17. The fourth-order valence-corrected chi connectivity index (χ4v) is 4.35. The average molecular weight is 278 g/mol. The molecule has 0 amide bonds. The first-order valence-corrected chi connectivity index (χ1v) is 7.95. The highest BCUT2D eigenvalue weighted by molar-refractivity contribution is 5.75. The van der Waals surface area contributed by atoms with E-state index in [0.29, 0.717) is 5.41 Å². The van der Waals surface area contributed by atoms with Crippen LogP contribution in [-0.2, 0) is 12.5 Å². The number of aryl methyl sites for hydroxylation is 2. The Morgan fingerprint density at radius 2 is 1.86 bits per heavy atom. The lowest BCUT2D eigenvalue weighted by Gasteiger charge is -2.15. The maximum absolute atomic E-state index is 6.59. The minimum absolute atomic E-state index is 0.158. The van der Waals surface area contributed by atoms with Gasteiger partial charge < -0.3 is 4.74 Å².